The zero-order valence-corrected chi connectivity index (χ0v) is 62.1. The van der Waals surface area contributed by atoms with Crippen molar-refractivity contribution in [3.05, 3.63) is 463 Å². The molecule has 2 aliphatic carbocycles. The Balaban J connectivity index is 0.665. The molecule has 24 rings (SSSR count). The molecule has 4 aromatic heterocycles. The summed E-state index contributed by atoms with van der Waals surface area (Å²) in [5.41, 5.74) is 34.8. The van der Waals surface area contributed by atoms with Crippen molar-refractivity contribution >= 4 is 87.4 Å². The largest absolute Gasteiger partial charge is 0.456 e. The maximum Gasteiger partial charge on any atom is 0.137 e. The third-order valence-electron chi connectivity index (χ3n) is 25.1. The lowest BCUT2D eigenvalue weighted by Crippen LogP contribution is -2.28. The quantitative estimate of drug-likeness (QED) is 0.127. The second-order valence-electron chi connectivity index (χ2n) is 30.9. The maximum absolute atomic E-state index is 6.59. The Morgan fingerprint density at radius 2 is 0.509 bits per heavy atom. The second-order valence-corrected chi connectivity index (χ2v) is 30.9. The summed E-state index contributed by atoms with van der Waals surface area (Å²) in [6.45, 7) is 0. The first-order valence-electron chi connectivity index (χ1n) is 39.5. The Hall–Kier alpha value is -14.8. The van der Waals surface area contributed by atoms with Gasteiger partial charge in [0.1, 0.15) is 11.2 Å². The van der Waals surface area contributed by atoms with Gasteiger partial charge in [0.15, 0.2) is 0 Å². The molecule has 1 atom stereocenters. The standard InChI is InChI=1S/C110H69N3O/c1-6-29-70(30-7-1)75-58-76(60-82(59-75)111-101-49-24-18-43-87(101)93-64-96-90-46-21-27-52-107(90)114-108(96)69-106(93)111)74-34-28-33-73(57-74)72-53-55-81(56-54-72)110(80-39-14-5-15-40-80)98-48-23-17-42-86(98)92-68-105-95(66-100(92)110)89-45-20-26-51-103(89)113(105)84-62-77(71-31-8-2-9-32-71)61-83(63-84)112-102-50-25-19-44-88(102)94-65-99-91(67-104(94)112)85-41-16-22-47-97(85)109(99,78-35-10-3-11-36-78)79-37-12-4-13-38-79/h1-69H. The van der Waals surface area contributed by atoms with Crippen molar-refractivity contribution < 1.29 is 4.42 Å². The van der Waals surface area contributed by atoms with E-state index in [-0.39, 0.29) is 0 Å². The maximum atomic E-state index is 6.59. The summed E-state index contributed by atoms with van der Waals surface area (Å²) >= 11 is 0. The zero-order valence-electron chi connectivity index (χ0n) is 62.1. The molecule has 2 aliphatic rings. The highest BCUT2D eigenvalue weighted by Gasteiger charge is 2.48. The van der Waals surface area contributed by atoms with Gasteiger partial charge < -0.3 is 18.1 Å². The minimum absolute atomic E-state index is 0.543. The first kappa shape index (κ1) is 64.0. The molecule has 0 bridgehead atoms. The fourth-order valence-corrected chi connectivity index (χ4v) is 20.3. The van der Waals surface area contributed by atoms with E-state index in [2.05, 4.69) is 426 Å². The molecule has 4 heteroatoms. The molecule has 114 heavy (non-hydrogen) atoms. The van der Waals surface area contributed by atoms with Gasteiger partial charge in [-0.3, -0.25) is 0 Å². The average Bonchev–Trinajstić information content (AvgIpc) is 1.53. The van der Waals surface area contributed by atoms with Gasteiger partial charge in [0, 0.05) is 66.2 Å². The van der Waals surface area contributed by atoms with Crippen LogP contribution in [-0.4, -0.2) is 13.7 Å². The number of hydrogen-bond donors (Lipinski definition) is 0. The third-order valence-corrected chi connectivity index (χ3v) is 25.1. The van der Waals surface area contributed by atoms with Gasteiger partial charge in [0.05, 0.1) is 43.9 Å². The van der Waals surface area contributed by atoms with Gasteiger partial charge in [-0.1, -0.05) is 315 Å². The Morgan fingerprint density at radius 1 is 0.167 bits per heavy atom. The van der Waals surface area contributed by atoms with Crippen LogP contribution in [0.1, 0.15) is 44.5 Å². The number of rotatable bonds is 11. The molecule has 0 amide bonds. The summed E-state index contributed by atoms with van der Waals surface area (Å²) in [7, 11) is 0. The van der Waals surface area contributed by atoms with E-state index in [9.17, 15) is 0 Å². The average molecular weight is 1450 g/mol. The Bertz CT molecular complexity index is 7650. The van der Waals surface area contributed by atoms with E-state index in [1.807, 2.05) is 6.07 Å². The molecule has 0 aliphatic heterocycles. The lowest BCUT2D eigenvalue weighted by molar-refractivity contribution is 0.669. The van der Waals surface area contributed by atoms with Crippen LogP contribution in [0.5, 0.6) is 0 Å². The molecule has 1 unspecified atom stereocenters. The van der Waals surface area contributed by atoms with Crippen molar-refractivity contribution in [2.75, 3.05) is 0 Å². The molecule has 0 fully saturated rings. The van der Waals surface area contributed by atoms with Gasteiger partial charge in [-0.15, -0.1) is 0 Å². The van der Waals surface area contributed by atoms with Crippen molar-refractivity contribution in [1.29, 1.82) is 0 Å². The van der Waals surface area contributed by atoms with Gasteiger partial charge >= 0.3 is 0 Å². The van der Waals surface area contributed by atoms with Crippen LogP contribution >= 0.6 is 0 Å². The van der Waals surface area contributed by atoms with Crippen molar-refractivity contribution in [3.63, 3.8) is 0 Å². The van der Waals surface area contributed by atoms with Crippen LogP contribution in [0.25, 0.3) is 171 Å². The second kappa shape index (κ2) is 24.8. The highest BCUT2D eigenvalue weighted by Crippen LogP contribution is 2.60. The van der Waals surface area contributed by atoms with Crippen molar-refractivity contribution in [3.8, 4) is 83.8 Å². The van der Waals surface area contributed by atoms with Crippen LogP contribution in [-0.2, 0) is 10.8 Å². The van der Waals surface area contributed by atoms with E-state index in [1.54, 1.807) is 0 Å². The minimum atomic E-state index is -0.679. The van der Waals surface area contributed by atoms with Crippen LogP contribution < -0.4 is 0 Å². The molecule has 0 saturated heterocycles. The molecular weight excluding hydrogens is 1380 g/mol. The number of benzene rings is 18. The number of aromatic nitrogens is 3. The summed E-state index contributed by atoms with van der Waals surface area (Å²) in [6, 6.07) is 157. The van der Waals surface area contributed by atoms with Crippen LogP contribution in [0.4, 0.5) is 0 Å². The Labute approximate surface area is 658 Å². The number of furan rings is 1. The van der Waals surface area contributed by atoms with E-state index >= 15 is 0 Å². The minimum Gasteiger partial charge on any atom is -0.456 e. The van der Waals surface area contributed by atoms with Crippen LogP contribution in [0.3, 0.4) is 0 Å². The highest BCUT2D eigenvalue weighted by atomic mass is 16.3. The summed E-state index contributed by atoms with van der Waals surface area (Å²) < 4.78 is 14.1. The predicted octanol–water partition coefficient (Wildman–Crippen LogP) is 28.3. The fourth-order valence-electron chi connectivity index (χ4n) is 20.3. The van der Waals surface area contributed by atoms with Gasteiger partial charge in [-0.2, -0.15) is 0 Å². The molecule has 0 N–H and O–H groups in total. The van der Waals surface area contributed by atoms with Gasteiger partial charge in [-0.05, 0) is 208 Å². The SMILES string of the molecule is c1ccc(-c2cc(-c3cccc(-c4ccc(C5(c6ccccc6)c6ccccc6-c6cc7c(cc65)c5ccccc5n7-c5cc(-c6ccccc6)cc(-n6c7ccccc7c7cc8c(cc76)-c6ccccc6C8(c6ccccc6)c6ccccc6)c5)cc4)c3)cc(-n3c4ccccc4c4cc5c(cc43)oc3ccccc35)c2)cc1. The van der Waals surface area contributed by atoms with Gasteiger partial charge in [-0.25, -0.2) is 0 Å². The first-order chi connectivity index (χ1) is 56.5. The van der Waals surface area contributed by atoms with E-state index in [0.29, 0.717) is 0 Å². The molecule has 4 nitrogen and oxygen atoms in total. The van der Waals surface area contributed by atoms with Crippen LogP contribution in [0.2, 0.25) is 0 Å². The monoisotopic (exact) mass is 1450 g/mol. The summed E-state index contributed by atoms with van der Waals surface area (Å²) in [5.74, 6) is 0. The van der Waals surface area contributed by atoms with E-state index in [4.69, 9.17) is 4.42 Å². The molecule has 0 spiro atoms. The number of para-hydroxylation sites is 4. The van der Waals surface area contributed by atoms with Crippen molar-refractivity contribution in [2.24, 2.45) is 0 Å². The van der Waals surface area contributed by atoms with E-state index in [0.717, 1.165) is 117 Å². The molecule has 4 heterocycles. The third kappa shape index (κ3) is 9.28. The van der Waals surface area contributed by atoms with Crippen molar-refractivity contribution in [1.82, 2.24) is 13.7 Å². The smallest absolute Gasteiger partial charge is 0.137 e. The first-order valence-corrected chi connectivity index (χ1v) is 39.5. The van der Waals surface area contributed by atoms with Crippen molar-refractivity contribution in [2.45, 2.75) is 10.8 Å². The highest BCUT2D eigenvalue weighted by molar-refractivity contribution is 6.18. The summed E-state index contributed by atoms with van der Waals surface area (Å²) in [5, 5.41) is 9.47. The number of fused-ring (bicyclic) bond motifs is 18. The molecule has 18 aromatic carbocycles. The summed E-state index contributed by atoms with van der Waals surface area (Å²) in [4.78, 5) is 0. The number of nitrogens with zero attached hydrogens (tertiary/aromatic N) is 3. The lowest BCUT2D eigenvalue weighted by Gasteiger charge is -2.34. The predicted molar refractivity (Wildman–Crippen MR) is 473 cm³/mol. The molecule has 22 aromatic rings. The van der Waals surface area contributed by atoms with Gasteiger partial charge in [0.25, 0.3) is 0 Å². The number of hydrogen-bond acceptors (Lipinski definition) is 1. The normalized spacial score (nSPS) is 14.1. The van der Waals surface area contributed by atoms with Crippen LogP contribution in [0, 0.1) is 0 Å². The van der Waals surface area contributed by atoms with Gasteiger partial charge in [0.2, 0.25) is 0 Å². The molecular formula is C110H69N3O. The Morgan fingerprint density at radius 3 is 1.00 bits per heavy atom. The molecule has 530 valence electrons. The lowest BCUT2D eigenvalue weighted by atomic mass is 9.67. The molecule has 0 saturated carbocycles. The molecule has 0 radical (unpaired) electrons. The fraction of sp³-hybridized carbons (Fsp3) is 0.0182. The topological polar surface area (TPSA) is 27.9 Å². The zero-order chi connectivity index (χ0) is 74.7. The Kier molecular flexibility index (Phi) is 13.9. The van der Waals surface area contributed by atoms with Crippen LogP contribution in [0.15, 0.2) is 423 Å². The van der Waals surface area contributed by atoms with E-state index < -0.39 is 10.8 Å². The van der Waals surface area contributed by atoms with E-state index in [1.165, 1.54) is 99.1 Å². The summed E-state index contributed by atoms with van der Waals surface area (Å²) in [6.07, 6.45) is 0.